The van der Waals surface area contributed by atoms with Gasteiger partial charge in [0.15, 0.2) is 5.82 Å². The Kier molecular flexibility index (Phi) is 3.60. The first kappa shape index (κ1) is 14.2. The molecular weight excluding hydrogens is 304 g/mol. The Labute approximate surface area is 131 Å². The van der Waals surface area contributed by atoms with Crippen molar-refractivity contribution in [3.8, 4) is 17.1 Å². The van der Waals surface area contributed by atoms with Crippen LogP contribution in [0, 0.1) is 6.92 Å². The average Bonchev–Trinajstić information content (AvgIpc) is 2.90. The molecule has 0 unspecified atom stereocenters. The van der Waals surface area contributed by atoms with Gasteiger partial charge in [0, 0.05) is 10.6 Å². The zero-order valence-corrected chi connectivity index (χ0v) is 12.3. The quantitative estimate of drug-likeness (QED) is 0.803. The molecule has 2 heterocycles. The molecule has 0 aliphatic heterocycles. The van der Waals surface area contributed by atoms with Gasteiger partial charge >= 0.3 is 5.97 Å². The molecule has 7 heteroatoms. The first-order chi connectivity index (χ1) is 10.6. The summed E-state index contributed by atoms with van der Waals surface area (Å²) in [5.74, 6) is -0.558. The number of hydrogen-bond donors (Lipinski definition) is 1. The van der Waals surface area contributed by atoms with Crippen LogP contribution in [0.15, 0.2) is 42.6 Å². The second-order valence-electron chi connectivity index (χ2n) is 4.64. The van der Waals surface area contributed by atoms with Crippen molar-refractivity contribution in [2.24, 2.45) is 0 Å². The van der Waals surface area contributed by atoms with E-state index >= 15 is 0 Å². The summed E-state index contributed by atoms with van der Waals surface area (Å²) in [5.41, 5.74) is 2.24. The van der Waals surface area contributed by atoms with Gasteiger partial charge in [-0.1, -0.05) is 23.7 Å². The van der Waals surface area contributed by atoms with Crippen LogP contribution in [0.25, 0.3) is 17.1 Å². The maximum Gasteiger partial charge on any atom is 0.339 e. The average molecular weight is 315 g/mol. The van der Waals surface area contributed by atoms with Gasteiger partial charge in [-0.2, -0.15) is 5.10 Å². The number of rotatable bonds is 3. The Morgan fingerprint density at radius 3 is 2.41 bits per heavy atom. The number of aromatic nitrogens is 4. The topological polar surface area (TPSA) is 80.9 Å². The molecule has 6 nitrogen and oxygen atoms in total. The lowest BCUT2D eigenvalue weighted by Crippen LogP contribution is -2.05. The van der Waals surface area contributed by atoms with E-state index in [2.05, 4.69) is 15.3 Å². The molecule has 0 atom stereocenters. The highest BCUT2D eigenvalue weighted by Crippen LogP contribution is 2.20. The standard InChI is InChI=1S/C15H11ClN4O2/c1-9-12(15(21)22)8-17-20(9)14-7-6-13(18-19-14)10-2-4-11(16)5-3-10/h2-8H,1H3,(H,21,22). The Hall–Kier alpha value is -2.73. The van der Waals surface area contributed by atoms with Crippen LogP contribution in [0.1, 0.15) is 16.1 Å². The minimum Gasteiger partial charge on any atom is -0.478 e. The normalized spacial score (nSPS) is 10.6. The maximum absolute atomic E-state index is 11.0. The number of carboxylic acid groups (broad SMARTS) is 1. The van der Waals surface area contributed by atoms with E-state index in [1.54, 1.807) is 31.2 Å². The zero-order valence-electron chi connectivity index (χ0n) is 11.6. The molecule has 0 fully saturated rings. The molecule has 0 saturated heterocycles. The molecule has 3 rings (SSSR count). The van der Waals surface area contributed by atoms with Crippen LogP contribution in [0.5, 0.6) is 0 Å². The van der Waals surface area contributed by atoms with Crippen LogP contribution < -0.4 is 0 Å². The van der Waals surface area contributed by atoms with Crippen molar-refractivity contribution < 1.29 is 9.90 Å². The van der Waals surface area contributed by atoms with Gasteiger partial charge in [-0.3, -0.25) is 0 Å². The highest BCUT2D eigenvalue weighted by Gasteiger charge is 2.14. The van der Waals surface area contributed by atoms with Crippen molar-refractivity contribution in [1.29, 1.82) is 0 Å². The summed E-state index contributed by atoms with van der Waals surface area (Å²) in [6.07, 6.45) is 1.30. The van der Waals surface area contributed by atoms with Crippen LogP contribution in [-0.2, 0) is 0 Å². The molecule has 110 valence electrons. The monoisotopic (exact) mass is 314 g/mol. The van der Waals surface area contributed by atoms with E-state index in [-0.39, 0.29) is 5.56 Å². The lowest BCUT2D eigenvalue weighted by atomic mass is 10.1. The first-order valence-corrected chi connectivity index (χ1v) is 6.82. The fourth-order valence-electron chi connectivity index (χ4n) is 2.06. The molecule has 2 aromatic heterocycles. The van der Waals surface area contributed by atoms with Gasteiger partial charge in [-0.15, -0.1) is 10.2 Å². The maximum atomic E-state index is 11.0. The third-order valence-electron chi connectivity index (χ3n) is 3.25. The number of hydrogen-bond acceptors (Lipinski definition) is 4. The summed E-state index contributed by atoms with van der Waals surface area (Å²) in [6.45, 7) is 1.67. The number of benzene rings is 1. The summed E-state index contributed by atoms with van der Waals surface area (Å²) >= 11 is 5.85. The number of carbonyl (C=O) groups is 1. The van der Waals surface area contributed by atoms with E-state index in [9.17, 15) is 4.79 Å². The van der Waals surface area contributed by atoms with Gasteiger partial charge in [0.25, 0.3) is 0 Å². The summed E-state index contributed by atoms with van der Waals surface area (Å²) in [7, 11) is 0. The molecule has 22 heavy (non-hydrogen) atoms. The largest absolute Gasteiger partial charge is 0.478 e. The molecule has 0 spiro atoms. The van der Waals surface area contributed by atoms with Crippen LogP contribution in [0.2, 0.25) is 5.02 Å². The van der Waals surface area contributed by atoms with Crippen molar-refractivity contribution >= 4 is 17.6 Å². The number of carboxylic acids is 1. The Morgan fingerprint density at radius 2 is 1.86 bits per heavy atom. The predicted octanol–water partition coefficient (Wildman–Crippen LogP) is 2.99. The predicted molar refractivity (Wildman–Crippen MR) is 81.3 cm³/mol. The molecule has 0 aliphatic rings. The SMILES string of the molecule is Cc1c(C(=O)O)cnn1-c1ccc(-c2ccc(Cl)cc2)nn1. The van der Waals surface area contributed by atoms with Crippen LogP contribution in [-0.4, -0.2) is 31.1 Å². The third kappa shape index (κ3) is 2.56. The van der Waals surface area contributed by atoms with Gasteiger partial charge in [0.05, 0.1) is 17.6 Å². The smallest absolute Gasteiger partial charge is 0.339 e. The Balaban J connectivity index is 1.94. The van der Waals surface area contributed by atoms with E-state index < -0.39 is 5.97 Å². The summed E-state index contributed by atoms with van der Waals surface area (Å²) in [6, 6.07) is 10.8. The van der Waals surface area contributed by atoms with Gasteiger partial charge < -0.3 is 5.11 Å². The molecule has 1 aromatic carbocycles. The van der Waals surface area contributed by atoms with Crippen LogP contribution >= 0.6 is 11.6 Å². The zero-order chi connectivity index (χ0) is 15.7. The van der Waals surface area contributed by atoms with E-state index in [1.807, 2.05) is 12.1 Å². The van der Waals surface area contributed by atoms with E-state index in [1.165, 1.54) is 10.9 Å². The lowest BCUT2D eigenvalue weighted by Gasteiger charge is -2.04. The number of nitrogens with zero attached hydrogens (tertiary/aromatic N) is 4. The Morgan fingerprint density at radius 1 is 1.14 bits per heavy atom. The van der Waals surface area contributed by atoms with Gasteiger partial charge in [-0.25, -0.2) is 9.48 Å². The number of halogens is 1. The fraction of sp³-hybridized carbons (Fsp3) is 0.0667. The second kappa shape index (κ2) is 5.57. The molecule has 0 amide bonds. The summed E-state index contributed by atoms with van der Waals surface area (Å²) < 4.78 is 1.45. The summed E-state index contributed by atoms with van der Waals surface area (Å²) in [5, 5.41) is 22.0. The highest BCUT2D eigenvalue weighted by atomic mass is 35.5. The molecule has 0 aliphatic carbocycles. The van der Waals surface area contributed by atoms with Crippen LogP contribution in [0.3, 0.4) is 0 Å². The molecule has 1 N–H and O–H groups in total. The molecule has 0 saturated carbocycles. The van der Waals surface area contributed by atoms with Crippen molar-refractivity contribution in [3.05, 3.63) is 58.9 Å². The second-order valence-corrected chi connectivity index (χ2v) is 5.08. The highest BCUT2D eigenvalue weighted by molar-refractivity contribution is 6.30. The minimum absolute atomic E-state index is 0.142. The van der Waals surface area contributed by atoms with E-state index in [4.69, 9.17) is 16.7 Å². The first-order valence-electron chi connectivity index (χ1n) is 6.44. The van der Waals surface area contributed by atoms with Gasteiger partial charge in [0.1, 0.15) is 5.56 Å². The van der Waals surface area contributed by atoms with Crippen molar-refractivity contribution in [3.63, 3.8) is 0 Å². The van der Waals surface area contributed by atoms with Crippen molar-refractivity contribution in [1.82, 2.24) is 20.0 Å². The van der Waals surface area contributed by atoms with E-state index in [0.29, 0.717) is 22.2 Å². The van der Waals surface area contributed by atoms with Crippen LogP contribution in [0.4, 0.5) is 0 Å². The molecule has 0 radical (unpaired) electrons. The Bertz CT molecular complexity index is 826. The summed E-state index contributed by atoms with van der Waals surface area (Å²) in [4.78, 5) is 11.0. The minimum atomic E-state index is -1.02. The third-order valence-corrected chi connectivity index (χ3v) is 3.50. The van der Waals surface area contributed by atoms with Gasteiger partial charge in [0.2, 0.25) is 0 Å². The molecular formula is C15H11ClN4O2. The molecule has 0 bridgehead atoms. The molecule has 3 aromatic rings. The van der Waals surface area contributed by atoms with E-state index in [0.717, 1.165) is 5.56 Å². The fourth-order valence-corrected chi connectivity index (χ4v) is 2.19. The number of aromatic carboxylic acids is 1. The lowest BCUT2D eigenvalue weighted by molar-refractivity contribution is 0.0696. The van der Waals surface area contributed by atoms with Crippen molar-refractivity contribution in [2.75, 3.05) is 0 Å². The van der Waals surface area contributed by atoms with Crippen molar-refractivity contribution in [2.45, 2.75) is 6.92 Å². The van der Waals surface area contributed by atoms with Gasteiger partial charge in [-0.05, 0) is 31.2 Å².